The van der Waals surface area contributed by atoms with E-state index in [1.807, 2.05) is 0 Å². The lowest BCUT2D eigenvalue weighted by molar-refractivity contribution is 0.195. The van der Waals surface area contributed by atoms with Gasteiger partial charge in [-0.05, 0) is 18.8 Å². The van der Waals surface area contributed by atoms with Gasteiger partial charge in [0, 0.05) is 20.2 Å². The SMILES string of the molecule is COCCNC(=O)NCC1CCCC1. The maximum Gasteiger partial charge on any atom is 0.314 e. The van der Waals surface area contributed by atoms with Gasteiger partial charge in [0.15, 0.2) is 0 Å². The first-order valence-corrected chi connectivity index (χ1v) is 5.33. The largest absolute Gasteiger partial charge is 0.383 e. The second kappa shape index (κ2) is 6.65. The normalized spacial score (nSPS) is 16.9. The lowest BCUT2D eigenvalue weighted by Gasteiger charge is -2.11. The van der Waals surface area contributed by atoms with Crippen molar-refractivity contribution >= 4 is 6.03 Å². The van der Waals surface area contributed by atoms with E-state index in [1.54, 1.807) is 7.11 Å². The van der Waals surface area contributed by atoms with Gasteiger partial charge in [0.2, 0.25) is 0 Å². The first-order chi connectivity index (χ1) is 6.83. The summed E-state index contributed by atoms with van der Waals surface area (Å²) >= 11 is 0. The van der Waals surface area contributed by atoms with Crippen molar-refractivity contribution in [2.45, 2.75) is 25.7 Å². The third-order valence-corrected chi connectivity index (χ3v) is 2.62. The van der Waals surface area contributed by atoms with Crippen LogP contribution in [0.5, 0.6) is 0 Å². The molecule has 0 heterocycles. The molecular weight excluding hydrogens is 180 g/mol. The molecule has 4 heteroatoms. The lowest BCUT2D eigenvalue weighted by Crippen LogP contribution is -2.39. The van der Waals surface area contributed by atoms with Crippen molar-refractivity contribution in [3.63, 3.8) is 0 Å². The van der Waals surface area contributed by atoms with E-state index in [2.05, 4.69) is 10.6 Å². The molecule has 0 spiro atoms. The van der Waals surface area contributed by atoms with Crippen molar-refractivity contribution in [1.29, 1.82) is 0 Å². The van der Waals surface area contributed by atoms with Crippen LogP contribution in [0.3, 0.4) is 0 Å². The Hall–Kier alpha value is -0.770. The Morgan fingerprint density at radius 1 is 1.36 bits per heavy atom. The van der Waals surface area contributed by atoms with Crippen LogP contribution < -0.4 is 10.6 Å². The zero-order chi connectivity index (χ0) is 10.2. The van der Waals surface area contributed by atoms with E-state index >= 15 is 0 Å². The molecule has 0 radical (unpaired) electrons. The molecule has 2 N–H and O–H groups in total. The summed E-state index contributed by atoms with van der Waals surface area (Å²) in [6.45, 7) is 1.96. The Balaban J connectivity index is 1.96. The number of hydrogen-bond donors (Lipinski definition) is 2. The van der Waals surface area contributed by atoms with Gasteiger partial charge in [-0.1, -0.05) is 12.8 Å². The predicted molar refractivity (Wildman–Crippen MR) is 55.2 cm³/mol. The van der Waals surface area contributed by atoms with E-state index in [-0.39, 0.29) is 6.03 Å². The number of carbonyl (C=O) groups excluding carboxylic acids is 1. The Kier molecular flexibility index (Phi) is 5.37. The minimum atomic E-state index is -0.0750. The minimum Gasteiger partial charge on any atom is -0.383 e. The van der Waals surface area contributed by atoms with Gasteiger partial charge in [0.25, 0.3) is 0 Å². The van der Waals surface area contributed by atoms with Crippen molar-refractivity contribution in [1.82, 2.24) is 10.6 Å². The zero-order valence-corrected chi connectivity index (χ0v) is 8.84. The average Bonchev–Trinajstić information content (AvgIpc) is 2.68. The maximum atomic E-state index is 11.2. The Labute approximate surface area is 85.4 Å². The van der Waals surface area contributed by atoms with Crippen LogP contribution >= 0.6 is 0 Å². The first kappa shape index (κ1) is 11.3. The highest BCUT2D eigenvalue weighted by molar-refractivity contribution is 5.73. The van der Waals surface area contributed by atoms with Crippen molar-refractivity contribution in [3.05, 3.63) is 0 Å². The molecular formula is C10H20N2O2. The highest BCUT2D eigenvalue weighted by Crippen LogP contribution is 2.23. The van der Waals surface area contributed by atoms with E-state index < -0.39 is 0 Å². The van der Waals surface area contributed by atoms with E-state index in [4.69, 9.17) is 4.74 Å². The van der Waals surface area contributed by atoms with Crippen LogP contribution in [-0.2, 0) is 4.74 Å². The molecule has 0 unspecified atom stereocenters. The third-order valence-electron chi connectivity index (χ3n) is 2.62. The van der Waals surface area contributed by atoms with Crippen LogP contribution in [0.4, 0.5) is 4.79 Å². The van der Waals surface area contributed by atoms with Gasteiger partial charge in [0.1, 0.15) is 0 Å². The predicted octanol–water partition coefficient (Wildman–Crippen LogP) is 1.12. The molecule has 0 saturated heterocycles. The lowest BCUT2D eigenvalue weighted by atomic mass is 10.1. The second-order valence-corrected chi connectivity index (χ2v) is 3.78. The van der Waals surface area contributed by atoms with Crippen LogP contribution in [0.2, 0.25) is 0 Å². The van der Waals surface area contributed by atoms with E-state index in [0.29, 0.717) is 19.1 Å². The van der Waals surface area contributed by atoms with Crippen LogP contribution in [0.15, 0.2) is 0 Å². The fourth-order valence-electron chi connectivity index (χ4n) is 1.78. The summed E-state index contributed by atoms with van der Waals surface area (Å²) in [5.74, 6) is 0.697. The summed E-state index contributed by atoms with van der Waals surface area (Å²) in [5.41, 5.74) is 0. The Morgan fingerprint density at radius 3 is 2.71 bits per heavy atom. The zero-order valence-electron chi connectivity index (χ0n) is 8.84. The van der Waals surface area contributed by atoms with Gasteiger partial charge in [-0.3, -0.25) is 0 Å². The van der Waals surface area contributed by atoms with Crippen LogP contribution in [-0.4, -0.2) is 32.8 Å². The van der Waals surface area contributed by atoms with E-state index in [1.165, 1.54) is 25.7 Å². The smallest absolute Gasteiger partial charge is 0.314 e. The Bertz CT molecular complexity index is 168. The molecule has 2 amide bonds. The number of urea groups is 1. The summed E-state index contributed by atoms with van der Waals surface area (Å²) in [6.07, 6.45) is 5.16. The minimum absolute atomic E-state index is 0.0750. The van der Waals surface area contributed by atoms with Gasteiger partial charge in [-0.15, -0.1) is 0 Å². The quantitative estimate of drug-likeness (QED) is 0.653. The van der Waals surface area contributed by atoms with E-state index in [0.717, 1.165) is 6.54 Å². The number of methoxy groups -OCH3 is 1. The van der Waals surface area contributed by atoms with Crippen LogP contribution in [0, 0.1) is 5.92 Å². The standard InChI is InChI=1S/C10H20N2O2/c1-14-7-6-11-10(13)12-8-9-4-2-3-5-9/h9H,2-8H2,1H3,(H2,11,12,13). The van der Waals surface area contributed by atoms with Crippen molar-refractivity contribution in [2.75, 3.05) is 26.8 Å². The molecule has 14 heavy (non-hydrogen) atoms. The Morgan fingerprint density at radius 2 is 2.07 bits per heavy atom. The number of hydrogen-bond acceptors (Lipinski definition) is 2. The molecule has 4 nitrogen and oxygen atoms in total. The summed E-state index contributed by atoms with van der Waals surface area (Å²) in [6, 6.07) is -0.0750. The molecule has 1 aliphatic rings. The number of carbonyl (C=O) groups is 1. The molecule has 0 atom stereocenters. The maximum absolute atomic E-state index is 11.2. The van der Waals surface area contributed by atoms with Gasteiger partial charge < -0.3 is 15.4 Å². The van der Waals surface area contributed by atoms with Gasteiger partial charge in [0.05, 0.1) is 6.61 Å². The molecule has 0 aromatic heterocycles. The molecule has 1 aliphatic carbocycles. The number of ether oxygens (including phenoxy) is 1. The molecule has 0 aromatic carbocycles. The number of nitrogens with one attached hydrogen (secondary N) is 2. The first-order valence-electron chi connectivity index (χ1n) is 5.33. The van der Waals surface area contributed by atoms with Crippen molar-refractivity contribution in [3.8, 4) is 0 Å². The topological polar surface area (TPSA) is 50.4 Å². The van der Waals surface area contributed by atoms with E-state index in [9.17, 15) is 4.79 Å². The van der Waals surface area contributed by atoms with Gasteiger partial charge in [-0.2, -0.15) is 0 Å². The molecule has 1 rings (SSSR count). The monoisotopic (exact) mass is 200 g/mol. The molecule has 0 aromatic rings. The van der Waals surface area contributed by atoms with Gasteiger partial charge in [-0.25, -0.2) is 4.79 Å². The fraction of sp³-hybridized carbons (Fsp3) is 0.900. The number of amides is 2. The van der Waals surface area contributed by atoms with Crippen molar-refractivity contribution < 1.29 is 9.53 Å². The third kappa shape index (κ3) is 4.46. The molecule has 1 saturated carbocycles. The van der Waals surface area contributed by atoms with Crippen LogP contribution in [0.25, 0.3) is 0 Å². The summed E-state index contributed by atoms with van der Waals surface area (Å²) in [5, 5.41) is 5.61. The highest BCUT2D eigenvalue weighted by atomic mass is 16.5. The second-order valence-electron chi connectivity index (χ2n) is 3.78. The fourth-order valence-corrected chi connectivity index (χ4v) is 1.78. The van der Waals surface area contributed by atoms with Crippen molar-refractivity contribution in [2.24, 2.45) is 5.92 Å². The molecule has 1 fully saturated rings. The van der Waals surface area contributed by atoms with Crippen LogP contribution in [0.1, 0.15) is 25.7 Å². The molecule has 0 aliphatic heterocycles. The van der Waals surface area contributed by atoms with Gasteiger partial charge >= 0.3 is 6.03 Å². The summed E-state index contributed by atoms with van der Waals surface area (Å²) in [7, 11) is 1.62. The number of rotatable bonds is 5. The summed E-state index contributed by atoms with van der Waals surface area (Å²) in [4.78, 5) is 11.2. The average molecular weight is 200 g/mol. The molecule has 0 bridgehead atoms. The molecule has 82 valence electrons. The highest BCUT2D eigenvalue weighted by Gasteiger charge is 2.15. The summed E-state index contributed by atoms with van der Waals surface area (Å²) < 4.78 is 4.83.